The molecule has 8 nitrogen and oxygen atoms in total. The lowest BCUT2D eigenvalue weighted by molar-refractivity contribution is -0.153. The summed E-state index contributed by atoms with van der Waals surface area (Å²) in [7, 11) is 0. The van der Waals surface area contributed by atoms with Gasteiger partial charge in [-0.25, -0.2) is 4.68 Å². The number of benzene rings is 1. The summed E-state index contributed by atoms with van der Waals surface area (Å²) in [4.78, 5) is 23.4. The molecule has 2 rings (SSSR count). The van der Waals surface area contributed by atoms with Crippen molar-refractivity contribution in [1.29, 1.82) is 0 Å². The first kappa shape index (κ1) is 13.7. The quantitative estimate of drug-likeness (QED) is 0.785. The molecule has 20 heavy (non-hydrogen) atoms. The third kappa shape index (κ3) is 3.87. The van der Waals surface area contributed by atoms with Crippen LogP contribution in [0.2, 0.25) is 0 Å². The second kappa shape index (κ2) is 6.41. The molecule has 1 amide bonds. The molecule has 104 valence electrons. The van der Waals surface area contributed by atoms with Gasteiger partial charge in [-0.15, -0.1) is 5.10 Å². The van der Waals surface area contributed by atoms with Gasteiger partial charge in [0.25, 0.3) is 5.91 Å². The Hall–Kier alpha value is -2.77. The molecule has 0 radical (unpaired) electrons. The zero-order chi connectivity index (χ0) is 14.4. The van der Waals surface area contributed by atoms with Gasteiger partial charge in [-0.3, -0.25) is 9.59 Å². The molecule has 1 aromatic heterocycles. The van der Waals surface area contributed by atoms with Crippen LogP contribution in [-0.2, 0) is 20.9 Å². The summed E-state index contributed by atoms with van der Waals surface area (Å²) in [6, 6.07) is 8.92. The fourth-order valence-corrected chi connectivity index (χ4v) is 1.44. The lowest BCUT2D eigenvalue weighted by atomic mass is 10.3. The van der Waals surface area contributed by atoms with Crippen molar-refractivity contribution in [1.82, 2.24) is 20.2 Å². The van der Waals surface area contributed by atoms with E-state index in [4.69, 9.17) is 4.74 Å². The number of aromatic nitrogens is 4. The van der Waals surface area contributed by atoms with Gasteiger partial charge < -0.3 is 10.1 Å². The van der Waals surface area contributed by atoms with Gasteiger partial charge in [0.1, 0.15) is 12.9 Å². The number of esters is 1. The summed E-state index contributed by atoms with van der Waals surface area (Å²) in [5, 5.41) is 13.0. The van der Waals surface area contributed by atoms with E-state index in [1.54, 1.807) is 24.3 Å². The van der Waals surface area contributed by atoms with Crippen LogP contribution >= 0.6 is 0 Å². The van der Waals surface area contributed by atoms with Crippen LogP contribution in [0.1, 0.15) is 6.92 Å². The van der Waals surface area contributed by atoms with Gasteiger partial charge in [0.2, 0.25) is 0 Å². The number of para-hydroxylation sites is 1. The van der Waals surface area contributed by atoms with Crippen LogP contribution in [0.15, 0.2) is 36.7 Å². The minimum atomic E-state index is -0.904. The summed E-state index contributed by atoms with van der Waals surface area (Å²) in [5.74, 6) is -0.991. The molecule has 1 heterocycles. The number of rotatable bonds is 5. The van der Waals surface area contributed by atoms with Crippen molar-refractivity contribution in [3.05, 3.63) is 36.7 Å². The van der Waals surface area contributed by atoms with Crippen molar-refractivity contribution in [2.75, 3.05) is 5.32 Å². The molecular weight excluding hydrogens is 262 g/mol. The van der Waals surface area contributed by atoms with Gasteiger partial charge in [0.05, 0.1) is 0 Å². The van der Waals surface area contributed by atoms with Crippen molar-refractivity contribution in [2.45, 2.75) is 19.6 Å². The maximum absolute atomic E-state index is 11.8. The van der Waals surface area contributed by atoms with Gasteiger partial charge in [0.15, 0.2) is 6.10 Å². The highest BCUT2D eigenvalue weighted by atomic mass is 16.5. The van der Waals surface area contributed by atoms with Crippen LogP contribution in [-0.4, -0.2) is 38.2 Å². The standard InChI is InChI=1S/C12H13N5O3/c1-9(12(19)14-10-5-3-2-4-6-10)20-11(18)7-17-8-13-15-16-17/h2-6,8-9H,7H2,1H3,(H,14,19)/t9-/m1/s1. The number of amides is 1. The number of anilines is 1. The largest absolute Gasteiger partial charge is 0.451 e. The second-order valence-electron chi connectivity index (χ2n) is 3.99. The predicted molar refractivity (Wildman–Crippen MR) is 68.4 cm³/mol. The smallest absolute Gasteiger partial charge is 0.328 e. The molecule has 8 heteroatoms. The maximum Gasteiger partial charge on any atom is 0.328 e. The van der Waals surface area contributed by atoms with E-state index in [2.05, 4.69) is 20.8 Å². The van der Waals surface area contributed by atoms with E-state index < -0.39 is 18.0 Å². The first-order valence-electron chi connectivity index (χ1n) is 5.91. The number of carbonyl (C=O) groups is 2. The molecule has 1 N–H and O–H groups in total. The van der Waals surface area contributed by atoms with Gasteiger partial charge in [-0.05, 0) is 29.5 Å². The van der Waals surface area contributed by atoms with Crippen LogP contribution < -0.4 is 5.32 Å². The first-order chi connectivity index (χ1) is 9.65. The third-order valence-electron chi connectivity index (χ3n) is 2.40. The Morgan fingerprint density at radius 1 is 1.35 bits per heavy atom. The molecule has 0 unspecified atom stereocenters. The Bertz CT molecular complexity index is 570. The number of hydrogen-bond donors (Lipinski definition) is 1. The van der Waals surface area contributed by atoms with Gasteiger partial charge in [-0.1, -0.05) is 18.2 Å². The normalized spacial score (nSPS) is 11.7. The molecule has 0 saturated carbocycles. The van der Waals surface area contributed by atoms with Crippen LogP contribution in [0.5, 0.6) is 0 Å². The van der Waals surface area contributed by atoms with E-state index in [1.165, 1.54) is 17.9 Å². The average molecular weight is 275 g/mol. The van der Waals surface area contributed by atoms with E-state index in [9.17, 15) is 9.59 Å². The van der Waals surface area contributed by atoms with Gasteiger partial charge in [0, 0.05) is 5.69 Å². The lowest BCUT2D eigenvalue weighted by Crippen LogP contribution is -2.31. The molecule has 0 bridgehead atoms. The Morgan fingerprint density at radius 3 is 2.75 bits per heavy atom. The highest BCUT2D eigenvalue weighted by Crippen LogP contribution is 2.06. The van der Waals surface area contributed by atoms with E-state index in [-0.39, 0.29) is 6.54 Å². The third-order valence-corrected chi connectivity index (χ3v) is 2.40. The predicted octanol–water partition coefficient (Wildman–Crippen LogP) is 0.243. The Kier molecular flexibility index (Phi) is 4.38. The molecule has 1 atom stereocenters. The maximum atomic E-state index is 11.8. The van der Waals surface area contributed by atoms with Crippen LogP contribution in [0, 0.1) is 0 Å². The molecule has 2 aromatic rings. The van der Waals surface area contributed by atoms with Crippen LogP contribution in [0.4, 0.5) is 5.69 Å². The summed E-state index contributed by atoms with van der Waals surface area (Å²) in [5.41, 5.74) is 0.640. The minimum absolute atomic E-state index is 0.143. The molecule has 0 fully saturated rings. The van der Waals surface area contributed by atoms with Crippen molar-refractivity contribution in [3.63, 3.8) is 0 Å². The van der Waals surface area contributed by atoms with Crippen molar-refractivity contribution >= 4 is 17.6 Å². The zero-order valence-corrected chi connectivity index (χ0v) is 10.8. The number of carbonyl (C=O) groups excluding carboxylic acids is 2. The van der Waals surface area contributed by atoms with Crippen molar-refractivity contribution in [2.24, 2.45) is 0 Å². The number of tetrazole rings is 1. The lowest BCUT2D eigenvalue weighted by Gasteiger charge is -2.13. The van der Waals surface area contributed by atoms with Crippen molar-refractivity contribution in [3.8, 4) is 0 Å². The summed E-state index contributed by atoms with van der Waals surface area (Å²) >= 11 is 0. The topological polar surface area (TPSA) is 99.0 Å². The molecule has 0 aliphatic heterocycles. The Labute approximate surface area is 114 Å². The first-order valence-corrected chi connectivity index (χ1v) is 5.91. The molecule has 1 aromatic carbocycles. The van der Waals surface area contributed by atoms with E-state index in [0.717, 1.165) is 0 Å². The molecule has 0 aliphatic carbocycles. The van der Waals surface area contributed by atoms with Gasteiger partial charge >= 0.3 is 5.97 Å². The number of ether oxygens (including phenoxy) is 1. The monoisotopic (exact) mass is 275 g/mol. The summed E-state index contributed by atoms with van der Waals surface area (Å²) < 4.78 is 6.20. The fraction of sp³-hybridized carbons (Fsp3) is 0.250. The zero-order valence-electron chi connectivity index (χ0n) is 10.8. The number of nitrogens with zero attached hydrogens (tertiary/aromatic N) is 4. The van der Waals surface area contributed by atoms with Crippen LogP contribution in [0.25, 0.3) is 0 Å². The average Bonchev–Trinajstić information content (AvgIpc) is 2.92. The Morgan fingerprint density at radius 2 is 2.10 bits per heavy atom. The number of hydrogen-bond acceptors (Lipinski definition) is 6. The van der Waals surface area contributed by atoms with E-state index in [0.29, 0.717) is 5.69 Å². The van der Waals surface area contributed by atoms with Gasteiger partial charge in [-0.2, -0.15) is 0 Å². The number of nitrogens with one attached hydrogen (secondary N) is 1. The van der Waals surface area contributed by atoms with Crippen molar-refractivity contribution < 1.29 is 14.3 Å². The minimum Gasteiger partial charge on any atom is -0.451 e. The van der Waals surface area contributed by atoms with E-state index in [1.807, 2.05) is 6.07 Å². The van der Waals surface area contributed by atoms with E-state index >= 15 is 0 Å². The summed E-state index contributed by atoms with van der Waals surface area (Å²) in [6.45, 7) is 1.35. The molecular formula is C12H13N5O3. The fourth-order valence-electron chi connectivity index (χ4n) is 1.44. The second-order valence-corrected chi connectivity index (χ2v) is 3.99. The molecule has 0 spiro atoms. The molecule has 0 aliphatic rings. The highest BCUT2D eigenvalue weighted by molar-refractivity contribution is 5.94. The summed E-state index contributed by atoms with van der Waals surface area (Å²) in [6.07, 6.45) is 0.384. The SMILES string of the molecule is C[C@@H](OC(=O)Cn1cnnn1)C(=O)Nc1ccccc1. The molecule has 0 saturated heterocycles. The highest BCUT2D eigenvalue weighted by Gasteiger charge is 2.18. The van der Waals surface area contributed by atoms with Crippen LogP contribution in [0.3, 0.4) is 0 Å². The Balaban J connectivity index is 1.83.